The number of aromatic nitrogens is 10. The number of hydrogen-bond acceptors (Lipinski definition) is 18. The maximum atomic E-state index is 15.7. The van der Waals surface area contributed by atoms with E-state index in [4.69, 9.17) is 44.4 Å². The molecule has 0 saturated carbocycles. The summed E-state index contributed by atoms with van der Waals surface area (Å²) in [5.74, 6) is -2.93. The lowest BCUT2D eigenvalue weighted by Crippen LogP contribution is -2.28. The summed E-state index contributed by atoms with van der Waals surface area (Å²) in [5.41, 5.74) is 1.83. The summed E-state index contributed by atoms with van der Waals surface area (Å²) in [5, 5.41) is 7.86. The summed E-state index contributed by atoms with van der Waals surface area (Å²) in [6, 6.07) is 6.46. The Morgan fingerprint density at radius 3 is 1.39 bits per heavy atom. The largest absolute Gasteiger partial charge is 0.480 e. The van der Waals surface area contributed by atoms with Crippen molar-refractivity contribution in [1.82, 2.24) is 49.4 Å². The first-order valence-electron chi connectivity index (χ1n) is 30.9. The summed E-state index contributed by atoms with van der Waals surface area (Å²) >= 11 is 0. The molecule has 2 saturated heterocycles. The average Bonchev–Trinajstić information content (AvgIpc) is 1.54. The fourth-order valence-electron chi connectivity index (χ4n) is 11.1. The van der Waals surface area contributed by atoms with E-state index in [0.717, 1.165) is 12.4 Å². The molecule has 0 N–H and O–H groups in total. The van der Waals surface area contributed by atoms with E-state index in [9.17, 15) is 16.8 Å². The molecule has 2 aliphatic heterocycles. The van der Waals surface area contributed by atoms with E-state index in [0.29, 0.717) is 52.1 Å². The first-order chi connectivity index (χ1) is 43.3. The average molecular weight is 1140 g/mol. The predicted molar refractivity (Wildman–Crippen MR) is 291 cm³/mol. The number of aryl methyl sites for hydroxylation is 4. The van der Waals surface area contributed by atoms with Crippen LogP contribution in [0.25, 0.3) is 66.1 Å². The normalized spacial score (nSPS) is 18.5. The predicted octanol–water partition coefficient (Wildman–Crippen LogP) is 9.64. The van der Waals surface area contributed by atoms with Gasteiger partial charge < -0.3 is 37.1 Å². The molecule has 0 aromatic carbocycles. The number of ether oxygens (including phenoxy) is 4. The molecular formula is C56H56F2N10O10S2. The molecule has 2 atom stereocenters. The molecule has 20 nitrogen and oxygen atoms in total. The molecule has 12 rings (SSSR count). The van der Waals surface area contributed by atoms with Crippen molar-refractivity contribution in [2.24, 2.45) is 11.8 Å². The van der Waals surface area contributed by atoms with Gasteiger partial charge in [-0.2, -0.15) is 0 Å². The zero-order valence-corrected chi connectivity index (χ0v) is 44.7. The lowest BCUT2D eigenvalue weighted by Gasteiger charge is -2.32. The summed E-state index contributed by atoms with van der Waals surface area (Å²) in [4.78, 5) is 25.0. The molecule has 0 aliphatic carbocycles. The van der Waals surface area contributed by atoms with Crippen LogP contribution in [-0.2, 0) is 29.1 Å². The third kappa shape index (κ3) is 9.49. The van der Waals surface area contributed by atoms with Gasteiger partial charge in [-0.3, -0.25) is 19.9 Å². The van der Waals surface area contributed by atoms with Gasteiger partial charge in [0.15, 0.2) is 19.7 Å². The van der Waals surface area contributed by atoms with Crippen LogP contribution in [0, 0.1) is 51.0 Å². The van der Waals surface area contributed by atoms with Crippen molar-refractivity contribution in [3.8, 4) is 34.0 Å². The fraction of sp³-hybridized carbons (Fsp3) is 0.357. The highest BCUT2D eigenvalue weighted by Crippen LogP contribution is 2.47. The second kappa shape index (κ2) is 21.3. The highest BCUT2D eigenvalue weighted by Gasteiger charge is 2.38. The van der Waals surface area contributed by atoms with Crippen LogP contribution < -0.4 is 9.47 Å². The summed E-state index contributed by atoms with van der Waals surface area (Å²) in [6.45, 7) is -0.868. The molecule has 2 aliphatic rings. The molecule has 0 amide bonds. The molecule has 2 unspecified atom stereocenters. The van der Waals surface area contributed by atoms with Crippen molar-refractivity contribution in [2.75, 3.05) is 53.0 Å². The maximum Gasteiger partial charge on any atom is 0.224 e. The lowest BCUT2D eigenvalue weighted by atomic mass is 9.88. The number of fused-ring (bicyclic) bond motifs is 6. The van der Waals surface area contributed by atoms with E-state index >= 15 is 8.78 Å². The summed E-state index contributed by atoms with van der Waals surface area (Å²) in [7, 11) is -7.46. The van der Waals surface area contributed by atoms with Gasteiger partial charge >= 0.3 is 0 Å². The highest BCUT2D eigenvalue weighted by atomic mass is 32.2. The zero-order valence-electron chi connectivity index (χ0n) is 55.0. The van der Waals surface area contributed by atoms with E-state index in [1.807, 2.05) is 0 Å². The Morgan fingerprint density at radius 2 is 1.02 bits per heavy atom. The topological polar surface area (TPSA) is 244 Å². The Bertz CT molecular complexity index is 4440. The van der Waals surface area contributed by atoms with Crippen LogP contribution in [-0.4, -0.2) is 119 Å². The lowest BCUT2D eigenvalue weighted by molar-refractivity contribution is 0.0541. The summed E-state index contributed by atoms with van der Waals surface area (Å²) in [6.07, 6.45) is 2.17. The Labute approximate surface area is 475 Å². The van der Waals surface area contributed by atoms with Crippen LogP contribution in [0.1, 0.15) is 88.5 Å². The third-order valence-electron chi connectivity index (χ3n) is 14.6. The second-order valence-electron chi connectivity index (χ2n) is 19.1. The van der Waals surface area contributed by atoms with Gasteiger partial charge in [0.05, 0.1) is 94.3 Å². The number of methoxy groups -OCH3 is 2. The van der Waals surface area contributed by atoms with Crippen molar-refractivity contribution in [2.45, 2.75) is 75.1 Å². The Kier molecular flexibility index (Phi) is 11.0. The molecule has 2 fully saturated rings. The van der Waals surface area contributed by atoms with Crippen molar-refractivity contribution < 1.29 is 70.1 Å². The van der Waals surface area contributed by atoms with Crippen molar-refractivity contribution in [3.63, 3.8) is 0 Å². The second-order valence-corrected chi connectivity index (χ2v) is 22.0. The van der Waals surface area contributed by atoms with E-state index in [1.54, 1.807) is 26.0 Å². The molecule has 0 spiro atoms. The number of halogens is 2. The number of sulfone groups is 2. The SMILES string of the molecule is [2H]C([2H])([2H])c1onc(C)c1-c1cnc2c3c(OC)ncc(S(=O)(=O)C([2H])([2H])[2H])c3n(C(c3ncccc3F)C3CCOCC3)c2c1.[2H]C([2H])([2H])c1onc(C)c1-c1cnc2c3c(OC)ncc(S(=O)(=O)C([2H])([2H])[2H])c3n(C(c3ncccc3F)C3CCOCC3)c2c1. The molecule has 24 heteroatoms. The Balaban J connectivity index is 0.000000188. The van der Waals surface area contributed by atoms with Crippen molar-refractivity contribution in [3.05, 3.63) is 120 Å². The van der Waals surface area contributed by atoms with Gasteiger partial charge in [-0.05, 0) is 101 Å². The van der Waals surface area contributed by atoms with Gasteiger partial charge in [-0.1, -0.05) is 10.3 Å². The van der Waals surface area contributed by atoms with Crippen LogP contribution in [0.5, 0.6) is 11.8 Å². The third-order valence-corrected chi connectivity index (χ3v) is 16.3. The molecule has 0 radical (unpaired) electrons. The van der Waals surface area contributed by atoms with Gasteiger partial charge in [0.1, 0.15) is 44.0 Å². The standard InChI is InChI=1S/2C28H28FN5O5S/c2*1-15-22(16(2)39-33-15)18-12-20-25(31-13-18)23-27(21(40(4,35)36)14-32-28(23)37-3)34(20)26(17-7-10-38-11-8-17)24-19(29)6-5-9-30-24/h2*5-6,9,12-14,17,26H,7-8,10-11H2,1-4H3/i2*2D3,4D3. The number of rotatable bonds is 12. The molecule has 10 aromatic rings. The quantitative estimate of drug-likeness (QED) is 0.110. The van der Waals surface area contributed by atoms with Gasteiger partial charge in [0, 0.05) is 102 Å². The summed E-state index contributed by atoms with van der Waals surface area (Å²) < 4.78 is 217. The van der Waals surface area contributed by atoms with Gasteiger partial charge in [-0.15, -0.1) is 0 Å². The number of hydrogen-bond donors (Lipinski definition) is 0. The van der Waals surface area contributed by atoms with Crippen molar-refractivity contribution >= 4 is 63.5 Å². The number of nitrogens with zero attached hydrogens (tertiary/aromatic N) is 10. The minimum Gasteiger partial charge on any atom is -0.480 e. The van der Waals surface area contributed by atoms with E-state index < -0.39 is 79.3 Å². The minimum atomic E-state index is -5.05. The molecule has 12 heterocycles. The molecule has 10 aromatic heterocycles. The van der Waals surface area contributed by atoms with Crippen LogP contribution in [0.4, 0.5) is 8.78 Å². The van der Waals surface area contributed by atoms with E-state index in [1.165, 1.54) is 72.4 Å². The van der Waals surface area contributed by atoms with Crippen LogP contribution in [0.2, 0.25) is 0 Å². The van der Waals surface area contributed by atoms with Gasteiger partial charge in [0.2, 0.25) is 11.8 Å². The molecule has 416 valence electrons. The maximum absolute atomic E-state index is 15.7. The molecule has 80 heavy (non-hydrogen) atoms. The Hall–Kier alpha value is -7.80. The first-order valence-corrected chi connectivity index (χ1v) is 27.8. The van der Waals surface area contributed by atoms with Crippen LogP contribution in [0.3, 0.4) is 0 Å². The van der Waals surface area contributed by atoms with Crippen LogP contribution in [0.15, 0.2) is 92.4 Å². The molecular weight excluding hydrogens is 1070 g/mol. The smallest absolute Gasteiger partial charge is 0.224 e. The van der Waals surface area contributed by atoms with Crippen molar-refractivity contribution in [1.29, 1.82) is 0 Å². The zero-order chi connectivity index (χ0) is 66.4. The Morgan fingerprint density at radius 1 is 0.613 bits per heavy atom. The number of pyridine rings is 6. The van der Waals surface area contributed by atoms with Gasteiger partial charge in [-0.25, -0.2) is 35.6 Å². The molecule has 0 bridgehead atoms. The van der Waals surface area contributed by atoms with E-state index in [-0.39, 0.29) is 124 Å². The van der Waals surface area contributed by atoms with Gasteiger partial charge in [0.25, 0.3) is 0 Å². The minimum absolute atomic E-state index is 0.0176. The van der Waals surface area contributed by atoms with Crippen LogP contribution >= 0.6 is 0 Å². The highest BCUT2D eigenvalue weighted by molar-refractivity contribution is 7.91. The first kappa shape index (κ1) is 41.2. The van der Waals surface area contributed by atoms with E-state index in [2.05, 4.69) is 40.2 Å². The fourth-order valence-corrected chi connectivity index (χ4v) is 12.4. The monoisotopic (exact) mass is 1140 g/mol.